The van der Waals surface area contributed by atoms with E-state index in [1.54, 1.807) is 0 Å². The van der Waals surface area contributed by atoms with Gasteiger partial charge in [-0.05, 0) is 32.1 Å². The Balaban J connectivity index is 1.81. The number of hydrogen-bond acceptors (Lipinski definition) is 10. The van der Waals surface area contributed by atoms with Crippen LogP contribution in [0.5, 0.6) is 0 Å². The Morgan fingerprint density at radius 2 is 1.47 bits per heavy atom. The Morgan fingerprint density at radius 1 is 0.800 bits per heavy atom. The van der Waals surface area contributed by atoms with Crippen LogP contribution in [0, 0.1) is 0 Å². The summed E-state index contributed by atoms with van der Waals surface area (Å²) in [5.74, 6) is 1.90. The molecule has 2 heterocycles. The number of hydrogen-bond donors (Lipinski definition) is 4. The normalized spacial score (nSPS) is 14.1. The monoisotopic (exact) mass is 425 g/mol. The predicted molar refractivity (Wildman–Crippen MR) is 119 cm³/mol. The first-order valence-corrected chi connectivity index (χ1v) is 11.3. The number of unbranched alkanes of at least 4 members (excludes halogenated alkanes) is 3. The fourth-order valence-electron chi connectivity index (χ4n) is 3.19. The minimum absolute atomic E-state index is 0.263. The zero-order valence-corrected chi connectivity index (χ0v) is 18.2. The fraction of sp³-hybridized carbons (Fsp3) is 0.850. The lowest BCUT2D eigenvalue weighted by Crippen LogP contribution is -2.31. The van der Waals surface area contributed by atoms with Gasteiger partial charge in [-0.3, -0.25) is 0 Å². The third-order valence-corrected chi connectivity index (χ3v) is 4.79. The molecule has 10 nitrogen and oxygen atoms in total. The molecule has 1 fully saturated rings. The molecule has 30 heavy (non-hydrogen) atoms. The molecule has 0 amide bonds. The van der Waals surface area contributed by atoms with Crippen molar-refractivity contribution in [3.05, 3.63) is 0 Å². The molecule has 0 spiro atoms. The average molecular weight is 426 g/mol. The van der Waals surface area contributed by atoms with Gasteiger partial charge in [0, 0.05) is 39.3 Å². The third kappa shape index (κ3) is 10.3. The van der Waals surface area contributed by atoms with E-state index < -0.39 is 0 Å². The van der Waals surface area contributed by atoms with Crippen LogP contribution in [0.3, 0.4) is 0 Å². The van der Waals surface area contributed by atoms with Gasteiger partial charge in [-0.2, -0.15) is 15.0 Å². The number of aliphatic hydroxyl groups is 1. The lowest BCUT2D eigenvalue weighted by atomic mass is 10.1. The lowest BCUT2D eigenvalue weighted by molar-refractivity contribution is 0.0547. The van der Waals surface area contributed by atoms with E-state index in [0.717, 1.165) is 51.3 Å². The Morgan fingerprint density at radius 3 is 2.17 bits per heavy atom. The van der Waals surface area contributed by atoms with Gasteiger partial charge in [0.1, 0.15) is 0 Å². The minimum atomic E-state index is 0.263. The third-order valence-electron chi connectivity index (χ3n) is 4.79. The number of nitrogens with zero attached hydrogens (tertiary/aromatic N) is 4. The first-order chi connectivity index (χ1) is 14.8. The van der Waals surface area contributed by atoms with Crippen LogP contribution in [0.4, 0.5) is 17.8 Å². The Bertz CT molecular complexity index is 559. The van der Waals surface area contributed by atoms with Crippen molar-refractivity contribution in [1.82, 2.24) is 15.0 Å². The van der Waals surface area contributed by atoms with Crippen LogP contribution in [-0.2, 0) is 9.47 Å². The summed E-state index contributed by atoms with van der Waals surface area (Å²) >= 11 is 0. The highest BCUT2D eigenvalue weighted by atomic mass is 16.5. The first kappa shape index (κ1) is 24.5. The fourth-order valence-corrected chi connectivity index (χ4v) is 3.19. The van der Waals surface area contributed by atoms with Crippen LogP contribution in [0.15, 0.2) is 0 Å². The van der Waals surface area contributed by atoms with Gasteiger partial charge < -0.3 is 35.8 Å². The number of nitrogens with two attached hydrogens (primary N) is 1. The van der Waals surface area contributed by atoms with Crippen LogP contribution < -0.4 is 21.3 Å². The highest BCUT2D eigenvalue weighted by molar-refractivity contribution is 5.44. The molecule has 0 saturated carbocycles. The van der Waals surface area contributed by atoms with E-state index in [2.05, 4.69) is 30.5 Å². The molecule has 0 aromatic carbocycles. The van der Waals surface area contributed by atoms with E-state index >= 15 is 0 Å². The number of ether oxygens (including phenoxy) is 2. The number of anilines is 3. The van der Waals surface area contributed by atoms with E-state index in [4.69, 9.17) is 20.3 Å². The summed E-state index contributed by atoms with van der Waals surface area (Å²) in [6.07, 6.45) is 7.60. The molecule has 0 aliphatic carbocycles. The molecule has 2 rings (SSSR count). The van der Waals surface area contributed by atoms with E-state index in [1.807, 2.05) is 0 Å². The van der Waals surface area contributed by atoms with Gasteiger partial charge in [0.05, 0.1) is 26.4 Å². The summed E-state index contributed by atoms with van der Waals surface area (Å²) in [6.45, 7) is 6.37. The molecule has 1 aliphatic rings. The molecule has 172 valence electrons. The Hall–Kier alpha value is -1.75. The minimum Gasteiger partial charge on any atom is -0.396 e. The number of aliphatic hydroxyl groups excluding tert-OH is 1. The maximum absolute atomic E-state index is 8.86. The zero-order valence-electron chi connectivity index (χ0n) is 18.2. The van der Waals surface area contributed by atoms with Gasteiger partial charge >= 0.3 is 0 Å². The maximum atomic E-state index is 8.86. The van der Waals surface area contributed by atoms with Gasteiger partial charge in [-0.25, -0.2) is 0 Å². The van der Waals surface area contributed by atoms with Crippen LogP contribution in [0.1, 0.15) is 44.9 Å². The topological polar surface area (TPSA) is 131 Å². The Labute approximate surface area is 180 Å². The molecule has 10 heteroatoms. The van der Waals surface area contributed by atoms with Crippen LogP contribution in [-0.4, -0.2) is 85.8 Å². The molecule has 5 N–H and O–H groups in total. The van der Waals surface area contributed by atoms with Gasteiger partial charge in [-0.1, -0.05) is 12.8 Å². The number of rotatable bonds is 17. The average Bonchev–Trinajstić information content (AvgIpc) is 2.78. The second-order valence-electron chi connectivity index (χ2n) is 7.34. The molecule has 0 bridgehead atoms. The van der Waals surface area contributed by atoms with Gasteiger partial charge in [0.15, 0.2) is 0 Å². The molecule has 0 radical (unpaired) electrons. The standard InChI is InChI=1S/C20H39N7O3/c21-8-14-29-16-17-30-15-10-23-19-24-18(22-9-4-1-2-7-13-28)25-20(26-19)27-11-5-3-6-12-27/h28H,1-17,21H2,(H2,22,23,24,25,26). The summed E-state index contributed by atoms with van der Waals surface area (Å²) < 4.78 is 10.8. The Kier molecular flexibility index (Phi) is 13.1. The molecule has 1 saturated heterocycles. The van der Waals surface area contributed by atoms with Gasteiger partial charge in [-0.15, -0.1) is 0 Å². The van der Waals surface area contributed by atoms with E-state index in [0.29, 0.717) is 51.4 Å². The van der Waals surface area contributed by atoms with Gasteiger partial charge in [0.25, 0.3) is 0 Å². The lowest BCUT2D eigenvalue weighted by Gasteiger charge is -2.27. The molecule has 0 unspecified atom stereocenters. The zero-order chi connectivity index (χ0) is 21.3. The molecular weight excluding hydrogens is 386 g/mol. The summed E-state index contributed by atoms with van der Waals surface area (Å²) in [4.78, 5) is 16.0. The smallest absolute Gasteiger partial charge is 0.231 e. The predicted octanol–water partition coefficient (Wildman–Crippen LogP) is 1.23. The summed E-state index contributed by atoms with van der Waals surface area (Å²) in [6, 6.07) is 0. The highest BCUT2D eigenvalue weighted by Gasteiger charge is 2.16. The largest absolute Gasteiger partial charge is 0.396 e. The quantitative estimate of drug-likeness (QED) is 0.270. The highest BCUT2D eigenvalue weighted by Crippen LogP contribution is 2.18. The van der Waals surface area contributed by atoms with Crippen molar-refractivity contribution in [2.45, 2.75) is 44.9 Å². The molecular formula is C20H39N7O3. The first-order valence-electron chi connectivity index (χ1n) is 11.3. The van der Waals surface area contributed by atoms with Crippen molar-refractivity contribution in [3.8, 4) is 0 Å². The van der Waals surface area contributed by atoms with Crippen molar-refractivity contribution in [3.63, 3.8) is 0 Å². The number of piperidine rings is 1. The van der Waals surface area contributed by atoms with Crippen molar-refractivity contribution in [2.75, 3.05) is 81.3 Å². The molecule has 0 atom stereocenters. The molecule has 1 aromatic rings. The van der Waals surface area contributed by atoms with E-state index in [-0.39, 0.29) is 6.61 Å². The maximum Gasteiger partial charge on any atom is 0.231 e. The second-order valence-corrected chi connectivity index (χ2v) is 7.34. The van der Waals surface area contributed by atoms with Gasteiger partial charge in [0.2, 0.25) is 17.8 Å². The van der Waals surface area contributed by atoms with Crippen molar-refractivity contribution < 1.29 is 14.6 Å². The molecule has 1 aliphatic heterocycles. The van der Waals surface area contributed by atoms with Crippen molar-refractivity contribution >= 4 is 17.8 Å². The van der Waals surface area contributed by atoms with Crippen LogP contribution in [0.25, 0.3) is 0 Å². The summed E-state index contributed by atoms with van der Waals surface area (Å²) in [5.41, 5.74) is 5.38. The summed E-state index contributed by atoms with van der Waals surface area (Å²) in [7, 11) is 0. The van der Waals surface area contributed by atoms with Crippen LogP contribution >= 0.6 is 0 Å². The van der Waals surface area contributed by atoms with E-state index in [9.17, 15) is 0 Å². The van der Waals surface area contributed by atoms with E-state index in [1.165, 1.54) is 19.3 Å². The second kappa shape index (κ2) is 16.0. The number of aromatic nitrogens is 3. The molecule has 1 aromatic heterocycles. The van der Waals surface area contributed by atoms with Crippen molar-refractivity contribution in [1.29, 1.82) is 0 Å². The van der Waals surface area contributed by atoms with Crippen molar-refractivity contribution in [2.24, 2.45) is 5.73 Å². The summed E-state index contributed by atoms with van der Waals surface area (Å²) in [5, 5.41) is 15.4. The van der Waals surface area contributed by atoms with Crippen LogP contribution in [0.2, 0.25) is 0 Å². The number of nitrogens with one attached hydrogen (secondary N) is 2. The SMILES string of the molecule is NCCOCCOCCNc1nc(NCCCCCCO)nc(N2CCCCC2)n1.